The molecule has 43 heavy (non-hydrogen) atoms. The van der Waals surface area contributed by atoms with Crippen LogP contribution in [0.2, 0.25) is 10.0 Å². The molecule has 222 valence electrons. The topological polar surface area (TPSA) is 110 Å². The maximum atomic E-state index is 13.2. The Morgan fingerprint density at radius 3 is 2.42 bits per heavy atom. The smallest absolute Gasteiger partial charge is 0.332 e. The summed E-state index contributed by atoms with van der Waals surface area (Å²) >= 11 is 13.1. The summed E-state index contributed by atoms with van der Waals surface area (Å²) < 4.78 is 41.1. The zero-order valence-corrected chi connectivity index (χ0v) is 25.2. The Hall–Kier alpha value is -3.91. The summed E-state index contributed by atoms with van der Waals surface area (Å²) in [6, 6.07) is 12.3. The van der Waals surface area contributed by atoms with Crippen LogP contribution in [-0.2, 0) is 16.8 Å². The van der Waals surface area contributed by atoms with Crippen LogP contribution in [0.1, 0.15) is 48.0 Å². The van der Waals surface area contributed by atoms with Crippen LogP contribution < -0.4 is 15.4 Å². The summed E-state index contributed by atoms with van der Waals surface area (Å²) in [5, 5.41) is 6.74. The fourth-order valence-electron chi connectivity index (χ4n) is 4.97. The second-order valence-electron chi connectivity index (χ2n) is 10.1. The van der Waals surface area contributed by atoms with Crippen molar-refractivity contribution in [2.75, 3.05) is 11.9 Å². The Balaban J connectivity index is 1.46. The van der Waals surface area contributed by atoms with Gasteiger partial charge in [-0.25, -0.2) is 4.98 Å². The van der Waals surface area contributed by atoms with E-state index in [0.717, 1.165) is 37.8 Å². The molecule has 2 aromatic carbocycles. The number of carbonyl (C=O) groups excluding carboxylic acids is 1. The number of pyridine rings is 2. The SMILES string of the molecule is C#CCNC(=O)c1cnc2ccc(-c3cc(Cl)c(OCc4ccc(S(=O)(=O)F)cc4)c(Cl)c3)nc2c1NC1CCCCC1. The molecular weight excluding hydrogens is 614 g/mol. The molecule has 2 heterocycles. The van der Waals surface area contributed by atoms with E-state index in [9.17, 15) is 17.1 Å². The van der Waals surface area contributed by atoms with E-state index in [0.29, 0.717) is 39.1 Å². The highest BCUT2D eigenvalue weighted by Crippen LogP contribution is 2.38. The van der Waals surface area contributed by atoms with Gasteiger partial charge in [-0.1, -0.05) is 60.5 Å². The van der Waals surface area contributed by atoms with E-state index >= 15 is 0 Å². The Morgan fingerprint density at radius 2 is 1.77 bits per heavy atom. The van der Waals surface area contributed by atoms with Gasteiger partial charge in [-0.15, -0.1) is 10.3 Å². The van der Waals surface area contributed by atoms with Gasteiger partial charge >= 0.3 is 10.2 Å². The minimum absolute atomic E-state index is 0.0198. The summed E-state index contributed by atoms with van der Waals surface area (Å²) in [6.07, 6.45) is 12.3. The normalized spacial score (nSPS) is 13.8. The molecule has 12 heteroatoms. The first-order chi connectivity index (χ1) is 20.6. The lowest BCUT2D eigenvalue weighted by molar-refractivity contribution is 0.0959. The highest BCUT2D eigenvalue weighted by molar-refractivity contribution is 7.86. The van der Waals surface area contributed by atoms with Crippen LogP contribution in [0.3, 0.4) is 0 Å². The highest BCUT2D eigenvalue weighted by Gasteiger charge is 2.22. The van der Waals surface area contributed by atoms with E-state index < -0.39 is 15.1 Å². The molecule has 4 aromatic rings. The Morgan fingerprint density at radius 1 is 1.07 bits per heavy atom. The van der Waals surface area contributed by atoms with Gasteiger partial charge in [0.25, 0.3) is 5.91 Å². The van der Waals surface area contributed by atoms with Gasteiger partial charge in [-0.3, -0.25) is 9.78 Å². The minimum Gasteiger partial charge on any atom is -0.486 e. The molecule has 1 fully saturated rings. The van der Waals surface area contributed by atoms with Crippen molar-refractivity contribution in [2.24, 2.45) is 0 Å². The molecule has 2 aromatic heterocycles. The van der Waals surface area contributed by atoms with Crippen LogP contribution in [0.25, 0.3) is 22.3 Å². The Labute approximate surface area is 259 Å². The van der Waals surface area contributed by atoms with Crippen LogP contribution in [0, 0.1) is 12.3 Å². The van der Waals surface area contributed by atoms with Crippen LogP contribution >= 0.6 is 23.2 Å². The van der Waals surface area contributed by atoms with Crippen molar-refractivity contribution in [1.82, 2.24) is 15.3 Å². The quantitative estimate of drug-likeness (QED) is 0.150. The number of benzene rings is 2. The number of terminal acetylenes is 1. The maximum Gasteiger partial charge on any atom is 0.332 e. The van der Waals surface area contributed by atoms with Gasteiger partial charge in [-0.2, -0.15) is 8.42 Å². The molecule has 1 saturated carbocycles. The lowest BCUT2D eigenvalue weighted by Crippen LogP contribution is -2.28. The molecule has 0 unspecified atom stereocenters. The van der Waals surface area contributed by atoms with Crippen LogP contribution in [-0.4, -0.2) is 36.9 Å². The number of ether oxygens (including phenoxy) is 1. The van der Waals surface area contributed by atoms with E-state index in [1.165, 1.54) is 24.8 Å². The number of halogens is 3. The van der Waals surface area contributed by atoms with E-state index in [1.54, 1.807) is 18.2 Å². The number of hydrogen-bond acceptors (Lipinski definition) is 7. The molecule has 0 atom stereocenters. The van der Waals surface area contributed by atoms with Crippen molar-refractivity contribution in [3.05, 3.63) is 75.9 Å². The van der Waals surface area contributed by atoms with Gasteiger partial charge in [0.15, 0.2) is 5.75 Å². The number of amides is 1. The first-order valence-electron chi connectivity index (χ1n) is 13.6. The van der Waals surface area contributed by atoms with Gasteiger partial charge < -0.3 is 15.4 Å². The fraction of sp³-hybridized carbons (Fsp3) is 0.258. The zero-order valence-electron chi connectivity index (χ0n) is 22.9. The molecule has 1 amide bonds. The maximum absolute atomic E-state index is 13.2. The zero-order chi connectivity index (χ0) is 30.6. The van der Waals surface area contributed by atoms with E-state index in [1.807, 2.05) is 6.07 Å². The molecule has 2 N–H and O–H groups in total. The summed E-state index contributed by atoms with van der Waals surface area (Å²) in [6.45, 7) is 0.107. The number of nitrogens with one attached hydrogen (secondary N) is 2. The van der Waals surface area contributed by atoms with Crippen molar-refractivity contribution in [2.45, 2.75) is 49.6 Å². The molecule has 0 saturated heterocycles. The summed E-state index contributed by atoms with van der Waals surface area (Å²) in [5.41, 5.74) is 3.86. The van der Waals surface area contributed by atoms with E-state index in [4.69, 9.17) is 39.3 Å². The number of carbonyl (C=O) groups is 1. The number of anilines is 1. The second kappa shape index (κ2) is 13.2. The molecule has 1 aliphatic carbocycles. The van der Waals surface area contributed by atoms with Crippen LogP contribution in [0.15, 0.2) is 59.6 Å². The lowest BCUT2D eigenvalue weighted by Gasteiger charge is -2.25. The molecule has 8 nitrogen and oxygen atoms in total. The lowest BCUT2D eigenvalue weighted by atomic mass is 9.95. The predicted molar refractivity (Wildman–Crippen MR) is 166 cm³/mol. The summed E-state index contributed by atoms with van der Waals surface area (Å²) in [5.74, 6) is 2.30. The van der Waals surface area contributed by atoms with Crippen molar-refractivity contribution >= 4 is 56.1 Å². The minimum atomic E-state index is -4.79. The molecular formula is C31H27Cl2FN4O4S. The number of aromatic nitrogens is 2. The van der Waals surface area contributed by atoms with E-state index in [2.05, 4.69) is 21.5 Å². The standard InChI is InChI=1S/C31H27Cl2FN4O4S/c1-2-14-35-31(39)23-17-36-27-13-12-26(38-29(27)28(23)37-21-6-4-3-5-7-21)20-15-24(32)30(25(33)16-20)42-18-19-8-10-22(11-9-19)43(34,40)41/h1,8-13,15-17,21H,3-7,14,18H2,(H,35,39)(H,36,37). The summed E-state index contributed by atoms with van der Waals surface area (Å²) in [7, 11) is -4.79. The van der Waals surface area contributed by atoms with Crippen molar-refractivity contribution in [1.29, 1.82) is 0 Å². The van der Waals surface area contributed by atoms with Crippen molar-refractivity contribution < 1.29 is 21.8 Å². The molecule has 0 aliphatic heterocycles. The molecule has 0 spiro atoms. The van der Waals surface area contributed by atoms with Crippen molar-refractivity contribution in [3.8, 4) is 29.4 Å². The third-order valence-corrected chi connectivity index (χ3v) is 8.54. The molecule has 0 bridgehead atoms. The van der Waals surface area contributed by atoms with Gasteiger partial charge in [-0.05, 0) is 54.8 Å². The van der Waals surface area contributed by atoms with Gasteiger partial charge in [0, 0.05) is 17.8 Å². The van der Waals surface area contributed by atoms with Gasteiger partial charge in [0.2, 0.25) is 0 Å². The first kappa shape index (κ1) is 30.5. The first-order valence-corrected chi connectivity index (χ1v) is 15.7. The van der Waals surface area contributed by atoms with Crippen molar-refractivity contribution in [3.63, 3.8) is 0 Å². The van der Waals surface area contributed by atoms with Gasteiger partial charge in [0.05, 0.1) is 43.9 Å². The fourth-order valence-corrected chi connectivity index (χ4v) is 6.03. The Bertz CT molecular complexity index is 1800. The van der Waals surface area contributed by atoms with Gasteiger partial charge in [0.1, 0.15) is 12.1 Å². The monoisotopic (exact) mass is 640 g/mol. The van der Waals surface area contributed by atoms with E-state index in [-0.39, 0.29) is 40.9 Å². The number of hydrogen-bond donors (Lipinski definition) is 2. The average Bonchev–Trinajstić information content (AvgIpc) is 2.99. The summed E-state index contributed by atoms with van der Waals surface area (Å²) in [4.78, 5) is 21.9. The van der Waals surface area contributed by atoms with Crippen LogP contribution in [0.4, 0.5) is 9.57 Å². The third-order valence-electron chi connectivity index (χ3n) is 7.14. The number of fused-ring (bicyclic) bond motifs is 1. The predicted octanol–water partition coefficient (Wildman–Crippen LogP) is 6.95. The third kappa shape index (κ3) is 7.19. The Kier molecular flexibility index (Phi) is 9.35. The molecule has 1 aliphatic rings. The number of nitrogens with zero attached hydrogens (tertiary/aromatic N) is 2. The average molecular weight is 642 g/mol. The molecule has 0 radical (unpaired) electrons. The molecule has 5 rings (SSSR count). The second-order valence-corrected chi connectivity index (χ2v) is 12.3. The van der Waals surface area contributed by atoms with Crippen LogP contribution in [0.5, 0.6) is 5.75 Å². The largest absolute Gasteiger partial charge is 0.486 e. The number of rotatable bonds is 9. The highest BCUT2D eigenvalue weighted by atomic mass is 35.5.